The Hall–Kier alpha value is -1.77. The van der Waals surface area contributed by atoms with Crippen molar-refractivity contribution in [2.45, 2.75) is 45.8 Å². The topological polar surface area (TPSA) is 83.5 Å². The maximum Gasteiger partial charge on any atom is 0.243 e. The minimum atomic E-state index is 0.117. The highest BCUT2D eigenvalue weighted by atomic mass is 16.5. The van der Waals surface area contributed by atoms with Gasteiger partial charge in [0.2, 0.25) is 5.89 Å². The first-order valence-corrected chi connectivity index (χ1v) is 8.99. The third-order valence-electron chi connectivity index (χ3n) is 4.71. The fourth-order valence-electron chi connectivity index (χ4n) is 3.09. The lowest BCUT2D eigenvalue weighted by molar-refractivity contribution is 0.0845. The van der Waals surface area contributed by atoms with Crippen LogP contribution < -0.4 is 0 Å². The second-order valence-electron chi connectivity index (χ2n) is 6.97. The van der Waals surface area contributed by atoms with E-state index in [-0.39, 0.29) is 18.6 Å². The van der Waals surface area contributed by atoms with Gasteiger partial charge in [-0.3, -0.25) is 14.5 Å². The fourth-order valence-corrected chi connectivity index (χ4v) is 3.09. The summed E-state index contributed by atoms with van der Waals surface area (Å²) in [6.07, 6.45) is 3.90. The summed E-state index contributed by atoms with van der Waals surface area (Å²) in [5.74, 6) is 1.77. The van der Waals surface area contributed by atoms with E-state index in [4.69, 9.17) is 9.63 Å². The maximum atomic E-state index is 8.96. The van der Waals surface area contributed by atoms with Gasteiger partial charge in [-0.05, 0) is 6.92 Å². The summed E-state index contributed by atoms with van der Waals surface area (Å²) in [6.45, 7) is 11.8. The average molecular weight is 348 g/mol. The van der Waals surface area contributed by atoms with Gasteiger partial charge in [0.25, 0.3) is 0 Å². The number of rotatable bonds is 7. The number of hydrogen-bond donors (Lipinski definition) is 1. The van der Waals surface area contributed by atoms with Crippen LogP contribution in [-0.4, -0.2) is 67.6 Å². The molecule has 1 saturated heterocycles. The Morgan fingerprint density at radius 1 is 1.20 bits per heavy atom. The zero-order valence-electron chi connectivity index (χ0n) is 15.3. The molecule has 1 N–H and O–H groups in total. The van der Waals surface area contributed by atoms with Crippen molar-refractivity contribution in [1.82, 2.24) is 29.7 Å². The van der Waals surface area contributed by atoms with E-state index in [0.717, 1.165) is 38.5 Å². The molecular formula is C17H28N6O2. The van der Waals surface area contributed by atoms with E-state index in [1.54, 1.807) is 4.68 Å². The van der Waals surface area contributed by atoms with Crippen molar-refractivity contribution in [3.05, 3.63) is 29.7 Å². The predicted octanol–water partition coefficient (Wildman–Crippen LogP) is 1.26. The SMILES string of the molecule is CC(C)c1noc([C@@H](C)N2CCN(Cc3cnn(CCO)c3)CC2)n1. The molecule has 0 saturated carbocycles. The van der Waals surface area contributed by atoms with Crippen molar-refractivity contribution in [1.29, 1.82) is 0 Å². The molecule has 1 aliphatic heterocycles. The van der Waals surface area contributed by atoms with E-state index in [1.807, 2.05) is 12.4 Å². The van der Waals surface area contributed by atoms with E-state index >= 15 is 0 Å². The average Bonchev–Trinajstić information content (AvgIpc) is 3.25. The summed E-state index contributed by atoms with van der Waals surface area (Å²) in [5.41, 5.74) is 1.19. The van der Waals surface area contributed by atoms with E-state index in [9.17, 15) is 0 Å². The lowest BCUT2D eigenvalue weighted by Gasteiger charge is -2.36. The lowest BCUT2D eigenvalue weighted by atomic mass is 10.2. The van der Waals surface area contributed by atoms with Gasteiger partial charge in [-0.15, -0.1) is 0 Å². The highest BCUT2D eigenvalue weighted by molar-refractivity contribution is 5.04. The van der Waals surface area contributed by atoms with Crippen molar-refractivity contribution in [2.75, 3.05) is 32.8 Å². The third-order valence-corrected chi connectivity index (χ3v) is 4.71. The van der Waals surface area contributed by atoms with Crippen LogP contribution in [0.3, 0.4) is 0 Å². The highest BCUT2D eigenvalue weighted by Crippen LogP contribution is 2.22. The zero-order chi connectivity index (χ0) is 17.8. The quantitative estimate of drug-likeness (QED) is 0.806. The molecule has 8 heteroatoms. The van der Waals surface area contributed by atoms with Crippen molar-refractivity contribution < 1.29 is 9.63 Å². The van der Waals surface area contributed by atoms with Crippen LogP contribution in [0.1, 0.15) is 50.0 Å². The third kappa shape index (κ3) is 4.45. The highest BCUT2D eigenvalue weighted by Gasteiger charge is 2.26. The molecular weight excluding hydrogens is 320 g/mol. The second-order valence-corrected chi connectivity index (χ2v) is 6.97. The van der Waals surface area contributed by atoms with Crippen LogP contribution in [0.25, 0.3) is 0 Å². The number of nitrogens with zero attached hydrogens (tertiary/aromatic N) is 6. The van der Waals surface area contributed by atoms with E-state index in [1.165, 1.54) is 5.56 Å². The molecule has 3 heterocycles. The molecule has 2 aromatic rings. The molecule has 3 rings (SSSR count). The predicted molar refractivity (Wildman–Crippen MR) is 93.0 cm³/mol. The number of aromatic nitrogens is 4. The molecule has 0 radical (unpaired) electrons. The molecule has 25 heavy (non-hydrogen) atoms. The molecule has 0 bridgehead atoms. The van der Waals surface area contributed by atoms with Gasteiger partial charge in [0, 0.05) is 50.4 Å². The molecule has 1 atom stereocenters. The van der Waals surface area contributed by atoms with Gasteiger partial charge < -0.3 is 9.63 Å². The zero-order valence-corrected chi connectivity index (χ0v) is 15.3. The minimum absolute atomic E-state index is 0.117. The molecule has 1 aliphatic rings. The number of aliphatic hydroxyl groups is 1. The number of hydrogen-bond acceptors (Lipinski definition) is 7. The van der Waals surface area contributed by atoms with Crippen LogP contribution in [0.2, 0.25) is 0 Å². The van der Waals surface area contributed by atoms with E-state index in [0.29, 0.717) is 12.4 Å². The summed E-state index contributed by atoms with van der Waals surface area (Å²) in [7, 11) is 0. The Bertz CT molecular complexity index is 660. The monoisotopic (exact) mass is 348 g/mol. The molecule has 0 unspecified atom stereocenters. The lowest BCUT2D eigenvalue weighted by Crippen LogP contribution is -2.46. The van der Waals surface area contributed by atoms with E-state index in [2.05, 4.69) is 45.8 Å². The summed E-state index contributed by atoms with van der Waals surface area (Å²) in [6, 6.07) is 0.148. The minimum Gasteiger partial charge on any atom is -0.394 e. The molecule has 8 nitrogen and oxygen atoms in total. The number of aliphatic hydroxyl groups excluding tert-OH is 1. The standard InChI is InChI=1S/C17H28N6O2/c1-13(2)16-19-17(25-20-16)14(3)22-6-4-21(5-7-22)11-15-10-18-23(12-15)8-9-24/h10,12-14,24H,4-9,11H2,1-3H3/t14-/m1/s1. The Kier molecular flexibility index (Phi) is 5.82. The smallest absolute Gasteiger partial charge is 0.243 e. The van der Waals surface area contributed by atoms with Gasteiger partial charge in [0.15, 0.2) is 5.82 Å². The molecule has 0 amide bonds. The number of piperazine rings is 1. The molecule has 2 aromatic heterocycles. The van der Waals surface area contributed by atoms with Gasteiger partial charge in [0.1, 0.15) is 0 Å². The van der Waals surface area contributed by atoms with Gasteiger partial charge >= 0.3 is 0 Å². The van der Waals surface area contributed by atoms with Crippen molar-refractivity contribution in [3.63, 3.8) is 0 Å². The first-order chi connectivity index (χ1) is 12.1. The normalized spacial score (nSPS) is 18.1. The molecule has 0 aliphatic carbocycles. The Balaban J connectivity index is 1.50. The van der Waals surface area contributed by atoms with Crippen molar-refractivity contribution >= 4 is 0 Å². The van der Waals surface area contributed by atoms with Crippen LogP contribution >= 0.6 is 0 Å². The molecule has 138 valence electrons. The van der Waals surface area contributed by atoms with Gasteiger partial charge in [-0.1, -0.05) is 19.0 Å². The molecule has 0 aromatic carbocycles. The van der Waals surface area contributed by atoms with Crippen LogP contribution in [0.4, 0.5) is 0 Å². The van der Waals surface area contributed by atoms with Gasteiger partial charge in [-0.2, -0.15) is 10.1 Å². The Morgan fingerprint density at radius 2 is 1.96 bits per heavy atom. The van der Waals surface area contributed by atoms with Gasteiger partial charge in [0.05, 0.1) is 25.4 Å². The summed E-state index contributed by atoms with van der Waals surface area (Å²) < 4.78 is 7.23. The van der Waals surface area contributed by atoms with Crippen molar-refractivity contribution in [2.24, 2.45) is 0 Å². The fraction of sp³-hybridized carbons (Fsp3) is 0.706. The first kappa shape index (κ1) is 18.0. The first-order valence-electron chi connectivity index (χ1n) is 8.99. The largest absolute Gasteiger partial charge is 0.394 e. The second kappa shape index (κ2) is 8.07. The molecule has 0 spiro atoms. The summed E-state index contributed by atoms with van der Waals surface area (Å²) in [5, 5.41) is 17.3. The molecule has 1 fully saturated rings. The summed E-state index contributed by atoms with van der Waals surface area (Å²) in [4.78, 5) is 9.35. The van der Waals surface area contributed by atoms with Crippen molar-refractivity contribution in [3.8, 4) is 0 Å². The summed E-state index contributed by atoms with van der Waals surface area (Å²) >= 11 is 0. The van der Waals surface area contributed by atoms with Crippen LogP contribution in [0.5, 0.6) is 0 Å². The maximum absolute atomic E-state index is 8.96. The van der Waals surface area contributed by atoms with Crippen LogP contribution in [0, 0.1) is 0 Å². The Labute approximate surface area is 148 Å². The Morgan fingerprint density at radius 3 is 2.60 bits per heavy atom. The van der Waals surface area contributed by atoms with Crippen LogP contribution in [-0.2, 0) is 13.1 Å². The van der Waals surface area contributed by atoms with Gasteiger partial charge in [-0.25, -0.2) is 0 Å². The van der Waals surface area contributed by atoms with Crippen LogP contribution in [0.15, 0.2) is 16.9 Å². The van der Waals surface area contributed by atoms with E-state index < -0.39 is 0 Å².